The lowest BCUT2D eigenvalue weighted by Crippen LogP contribution is -2.41. The van der Waals surface area contributed by atoms with E-state index in [0.717, 1.165) is 34.6 Å². The summed E-state index contributed by atoms with van der Waals surface area (Å²) in [6, 6.07) is 9.07. The standard InChI is InChI=1S/C23H26F2N4O3/c1-15-10-20(22(24)25)29(27-15)14-21(30)28-9-3-4-17(13-28)23-26-12-19(32-23)11-16-5-7-18(31-2)8-6-16/h5-8,10,12,17,22H,3-4,9,11,13-14H2,1-2H3/t17-/m1/s1. The molecule has 0 saturated carbocycles. The average Bonchev–Trinajstić information content (AvgIpc) is 3.41. The van der Waals surface area contributed by atoms with Crippen LogP contribution < -0.4 is 4.74 Å². The molecule has 1 atom stereocenters. The van der Waals surface area contributed by atoms with Crippen LogP contribution in [0.5, 0.6) is 5.75 Å². The number of aryl methyl sites for hydroxylation is 1. The molecular weight excluding hydrogens is 418 g/mol. The number of nitrogens with zero attached hydrogens (tertiary/aromatic N) is 4. The van der Waals surface area contributed by atoms with E-state index in [1.165, 1.54) is 6.07 Å². The van der Waals surface area contributed by atoms with Gasteiger partial charge in [-0.05, 0) is 43.5 Å². The molecule has 1 amide bonds. The number of oxazole rings is 1. The van der Waals surface area contributed by atoms with Crippen LogP contribution in [0.2, 0.25) is 0 Å². The minimum Gasteiger partial charge on any atom is -0.497 e. The van der Waals surface area contributed by atoms with E-state index in [1.54, 1.807) is 25.1 Å². The molecule has 1 fully saturated rings. The molecule has 3 aromatic rings. The highest BCUT2D eigenvalue weighted by Crippen LogP contribution is 2.28. The number of piperidine rings is 1. The lowest BCUT2D eigenvalue weighted by atomic mass is 9.98. The van der Waals surface area contributed by atoms with Crippen molar-refractivity contribution in [1.82, 2.24) is 19.7 Å². The maximum atomic E-state index is 13.2. The summed E-state index contributed by atoms with van der Waals surface area (Å²) in [7, 11) is 1.63. The van der Waals surface area contributed by atoms with E-state index in [1.807, 2.05) is 24.3 Å². The molecular formula is C23H26F2N4O3. The Morgan fingerprint density at radius 3 is 2.81 bits per heavy atom. The molecule has 3 heterocycles. The van der Waals surface area contributed by atoms with E-state index in [4.69, 9.17) is 9.15 Å². The number of alkyl halides is 2. The first-order chi connectivity index (χ1) is 15.4. The van der Waals surface area contributed by atoms with Gasteiger partial charge in [-0.1, -0.05) is 12.1 Å². The molecule has 2 aromatic heterocycles. The van der Waals surface area contributed by atoms with Crippen LogP contribution in [0.25, 0.3) is 0 Å². The quantitative estimate of drug-likeness (QED) is 0.548. The summed E-state index contributed by atoms with van der Waals surface area (Å²) in [5.41, 5.74) is 1.31. The fourth-order valence-corrected chi connectivity index (χ4v) is 4.04. The van der Waals surface area contributed by atoms with E-state index >= 15 is 0 Å². The maximum absolute atomic E-state index is 13.2. The normalized spacial score (nSPS) is 16.5. The Balaban J connectivity index is 1.39. The topological polar surface area (TPSA) is 73.4 Å². The van der Waals surface area contributed by atoms with Crippen molar-refractivity contribution < 1.29 is 22.7 Å². The van der Waals surface area contributed by atoms with E-state index in [0.29, 0.717) is 31.1 Å². The van der Waals surface area contributed by atoms with Crippen molar-refractivity contribution in [3.63, 3.8) is 0 Å². The highest BCUT2D eigenvalue weighted by molar-refractivity contribution is 5.76. The highest BCUT2D eigenvalue weighted by Gasteiger charge is 2.29. The number of rotatable bonds is 7. The van der Waals surface area contributed by atoms with Crippen LogP contribution >= 0.6 is 0 Å². The fourth-order valence-electron chi connectivity index (χ4n) is 4.04. The molecule has 0 bridgehead atoms. The predicted octanol–water partition coefficient (Wildman–Crippen LogP) is 4.12. The Kier molecular flexibility index (Phi) is 6.53. The summed E-state index contributed by atoms with van der Waals surface area (Å²) in [4.78, 5) is 18.9. The molecule has 9 heteroatoms. The van der Waals surface area contributed by atoms with Crippen LogP contribution in [0.3, 0.4) is 0 Å². The van der Waals surface area contributed by atoms with Crippen molar-refractivity contribution >= 4 is 5.91 Å². The molecule has 0 spiro atoms. The second-order valence-corrected chi connectivity index (χ2v) is 8.04. The number of aromatic nitrogens is 3. The van der Waals surface area contributed by atoms with Crippen molar-refractivity contribution in [2.75, 3.05) is 20.2 Å². The average molecular weight is 444 g/mol. The van der Waals surface area contributed by atoms with Crippen LogP contribution in [-0.4, -0.2) is 45.8 Å². The lowest BCUT2D eigenvalue weighted by molar-refractivity contribution is -0.133. The number of methoxy groups -OCH3 is 1. The van der Waals surface area contributed by atoms with E-state index < -0.39 is 6.43 Å². The van der Waals surface area contributed by atoms with Gasteiger partial charge in [0.05, 0.1) is 24.9 Å². The second-order valence-electron chi connectivity index (χ2n) is 8.04. The molecule has 0 unspecified atom stereocenters. The third-order valence-corrected chi connectivity index (χ3v) is 5.67. The number of hydrogen-bond acceptors (Lipinski definition) is 5. The minimum atomic E-state index is -2.67. The molecule has 0 radical (unpaired) electrons. The largest absolute Gasteiger partial charge is 0.497 e. The van der Waals surface area contributed by atoms with Gasteiger partial charge in [0.2, 0.25) is 5.91 Å². The summed E-state index contributed by atoms with van der Waals surface area (Å²) < 4.78 is 38.7. The Morgan fingerprint density at radius 1 is 1.31 bits per heavy atom. The number of amides is 1. The zero-order valence-electron chi connectivity index (χ0n) is 18.1. The minimum absolute atomic E-state index is 0.0220. The van der Waals surface area contributed by atoms with Crippen LogP contribution in [0.15, 0.2) is 40.9 Å². The van der Waals surface area contributed by atoms with Crippen LogP contribution in [0.1, 0.15) is 53.8 Å². The van der Waals surface area contributed by atoms with Crippen molar-refractivity contribution in [3.05, 3.63) is 65.1 Å². The Labute approximate surface area is 185 Å². The van der Waals surface area contributed by atoms with Crippen LogP contribution in [-0.2, 0) is 17.8 Å². The van der Waals surface area contributed by atoms with Gasteiger partial charge in [0.15, 0.2) is 5.89 Å². The van der Waals surface area contributed by atoms with Gasteiger partial charge < -0.3 is 14.1 Å². The molecule has 4 rings (SSSR count). The first-order valence-electron chi connectivity index (χ1n) is 10.6. The molecule has 170 valence electrons. The Morgan fingerprint density at radius 2 is 2.09 bits per heavy atom. The van der Waals surface area contributed by atoms with Gasteiger partial charge >= 0.3 is 0 Å². The van der Waals surface area contributed by atoms with Crippen molar-refractivity contribution in [3.8, 4) is 5.75 Å². The van der Waals surface area contributed by atoms with Crippen LogP contribution in [0, 0.1) is 6.92 Å². The molecule has 0 N–H and O–H groups in total. The molecule has 1 aromatic carbocycles. The van der Waals surface area contributed by atoms with Gasteiger partial charge in [-0.15, -0.1) is 0 Å². The third-order valence-electron chi connectivity index (χ3n) is 5.67. The monoisotopic (exact) mass is 444 g/mol. The zero-order chi connectivity index (χ0) is 22.7. The number of benzene rings is 1. The molecule has 0 aliphatic carbocycles. The van der Waals surface area contributed by atoms with Gasteiger partial charge in [0, 0.05) is 19.5 Å². The SMILES string of the molecule is COc1ccc(Cc2cnc([C@@H]3CCCN(C(=O)Cn4nc(C)cc4C(F)F)C3)o2)cc1. The number of likely N-dealkylation sites (tertiary alicyclic amines) is 1. The molecule has 1 saturated heterocycles. The first-order valence-corrected chi connectivity index (χ1v) is 10.6. The molecule has 1 aliphatic heterocycles. The number of carbonyl (C=O) groups excluding carboxylic acids is 1. The first kappa shape index (κ1) is 22.0. The van der Waals surface area contributed by atoms with E-state index in [9.17, 15) is 13.6 Å². The van der Waals surface area contributed by atoms with E-state index in [2.05, 4.69) is 10.1 Å². The third kappa shape index (κ3) is 4.98. The van der Waals surface area contributed by atoms with Crippen molar-refractivity contribution in [2.24, 2.45) is 0 Å². The van der Waals surface area contributed by atoms with Crippen molar-refractivity contribution in [2.45, 2.75) is 45.1 Å². The highest BCUT2D eigenvalue weighted by atomic mass is 19.3. The van der Waals surface area contributed by atoms with Gasteiger partial charge in [-0.25, -0.2) is 13.8 Å². The van der Waals surface area contributed by atoms with Gasteiger partial charge in [0.25, 0.3) is 6.43 Å². The summed E-state index contributed by atoms with van der Waals surface area (Å²) in [6.07, 6.45) is 1.32. The van der Waals surface area contributed by atoms with Gasteiger partial charge in [-0.2, -0.15) is 5.10 Å². The van der Waals surface area contributed by atoms with Crippen LogP contribution in [0.4, 0.5) is 8.78 Å². The maximum Gasteiger partial charge on any atom is 0.280 e. The van der Waals surface area contributed by atoms with Gasteiger partial charge in [0.1, 0.15) is 23.7 Å². The molecule has 7 nitrogen and oxygen atoms in total. The smallest absolute Gasteiger partial charge is 0.280 e. The van der Waals surface area contributed by atoms with Crippen molar-refractivity contribution in [1.29, 1.82) is 0 Å². The number of hydrogen-bond donors (Lipinski definition) is 0. The fraction of sp³-hybridized carbons (Fsp3) is 0.435. The number of halogens is 2. The lowest BCUT2D eigenvalue weighted by Gasteiger charge is -2.31. The summed E-state index contributed by atoms with van der Waals surface area (Å²) >= 11 is 0. The second kappa shape index (κ2) is 9.50. The number of carbonyl (C=O) groups is 1. The predicted molar refractivity (Wildman–Crippen MR) is 113 cm³/mol. The summed E-state index contributed by atoms with van der Waals surface area (Å²) in [5, 5.41) is 4.05. The Bertz CT molecular complexity index is 1060. The zero-order valence-corrected chi connectivity index (χ0v) is 18.1. The van der Waals surface area contributed by atoms with E-state index in [-0.39, 0.29) is 24.1 Å². The van der Waals surface area contributed by atoms with Gasteiger partial charge in [-0.3, -0.25) is 9.48 Å². The number of ether oxygens (including phenoxy) is 1. The Hall–Kier alpha value is -3.23. The molecule has 1 aliphatic rings. The summed E-state index contributed by atoms with van der Waals surface area (Å²) in [5.74, 6) is 1.90. The summed E-state index contributed by atoms with van der Waals surface area (Å²) in [6.45, 7) is 2.47. The molecule has 32 heavy (non-hydrogen) atoms.